The van der Waals surface area contributed by atoms with Crippen LogP contribution in [-0.2, 0) is 6.42 Å². The van der Waals surface area contributed by atoms with Crippen molar-refractivity contribution in [2.75, 3.05) is 0 Å². The lowest BCUT2D eigenvalue weighted by molar-refractivity contribution is 0.370. The van der Waals surface area contributed by atoms with Crippen molar-refractivity contribution in [3.05, 3.63) is 47.8 Å². The van der Waals surface area contributed by atoms with Crippen LogP contribution in [0.2, 0.25) is 0 Å². The standard InChI is InChI=1S/C16H20FNS/c1-12-5-4-9-16(2,3)14(12)7-6-13-8-10-18-11-15(13)19-17/h7-8,10-11H,1,4-6,9H2,2-3H3/b14-7+. The van der Waals surface area contributed by atoms with E-state index in [1.807, 2.05) is 6.07 Å². The first kappa shape index (κ1) is 14.3. The van der Waals surface area contributed by atoms with E-state index in [1.54, 1.807) is 12.4 Å². The summed E-state index contributed by atoms with van der Waals surface area (Å²) in [5, 5.41) is 0. The lowest BCUT2D eigenvalue weighted by Crippen LogP contribution is -2.20. The molecule has 0 N–H and O–H groups in total. The van der Waals surface area contributed by atoms with E-state index < -0.39 is 0 Å². The van der Waals surface area contributed by atoms with Gasteiger partial charge in [0.15, 0.2) is 0 Å². The molecule has 1 aromatic heterocycles. The minimum atomic E-state index is 0.186. The van der Waals surface area contributed by atoms with Crippen molar-refractivity contribution in [2.24, 2.45) is 5.41 Å². The van der Waals surface area contributed by atoms with Crippen molar-refractivity contribution in [2.45, 2.75) is 44.4 Å². The van der Waals surface area contributed by atoms with Crippen LogP contribution in [0.15, 0.2) is 47.2 Å². The SMILES string of the molecule is C=C1CCCC(C)(C)/C1=C/Cc1ccncc1SF. The van der Waals surface area contributed by atoms with Gasteiger partial charge in [0.1, 0.15) is 0 Å². The maximum atomic E-state index is 12.8. The third-order valence-corrected chi connectivity index (χ3v) is 4.40. The monoisotopic (exact) mass is 277 g/mol. The fraction of sp³-hybridized carbons (Fsp3) is 0.438. The predicted octanol–water partition coefficient (Wildman–Crippen LogP) is 5.29. The van der Waals surface area contributed by atoms with E-state index in [1.165, 1.54) is 24.0 Å². The molecule has 1 fully saturated rings. The largest absolute Gasteiger partial charge is 0.263 e. The van der Waals surface area contributed by atoms with E-state index in [9.17, 15) is 3.89 Å². The van der Waals surface area contributed by atoms with E-state index >= 15 is 0 Å². The van der Waals surface area contributed by atoms with E-state index in [0.29, 0.717) is 4.90 Å². The van der Waals surface area contributed by atoms with Crippen LogP contribution in [-0.4, -0.2) is 4.98 Å². The van der Waals surface area contributed by atoms with Crippen molar-refractivity contribution >= 4 is 12.1 Å². The summed E-state index contributed by atoms with van der Waals surface area (Å²) in [5.41, 5.74) is 3.75. The molecule has 102 valence electrons. The lowest BCUT2D eigenvalue weighted by Gasteiger charge is -2.34. The Hall–Kier alpha value is -1.09. The van der Waals surface area contributed by atoms with Crippen LogP contribution in [0, 0.1) is 5.41 Å². The summed E-state index contributed by atoms with van der Waals surface area (Å²) in [6.45, 7) is 8.72. The number of halogens is 1. The highest BCUT2D eigenvalue weighted by Gasteiger charge is 2.28. The molecule has 1 nitrogen and oxygen atoms in total. The molecule has 0 saturated heterocycles. The number of nitrogens with zero attached hydrogens (tertiary/aromatic N) is 1. The van der Waals surface area contributed by atoms with E-state index in [2.05, 4.69) is 31.5 Å². The Morgan fingerprint density at radius 1 is 1.53 bits per heavy atom. The van der Waals surface area contributed by atoms with E-state index in [4.69, 9.17) is 0 Å². The number of hydrogen-bond acceptors (Lipinski definition) is 2. The Morgan fingerprint density at radius 2 is 2.32 bits per heavy atom. The van der Waals surface area contributed by atoms with Crippen molar-refractivity contribution in [1.29, 1.82) is 0 Å². The molecule has 0 amide bonds. The van der Waals surface area contributed by atoms with E-state index in [0.717, 1.165) is 18.4 Å². The van der Waals surface area contributed by atoms with Crippen LogP contribution in [0.5, 0.6) is 0 Å². The van der Waals surface area contributed by atoms with Gasteiger partial charge in [0.05, 0.1) is 17.0 Å². The molecular weight excluding hydrogens is 257 g/mol. The molecule has 0 radical (unpaired) electrons. The highest BCUT2D eigenvalue weighted by molar-refractivity contribution is 7.94. The maximum Gasteiger partial charge on any atom is 0.0831 e. The topological polar surface area (TPSA) is 12.9 Å². The molecule has 19 heavy (non-hydrogen) atoms. The highest BCUT2D eigenvalue weighted by atomic mass is 32.2. The molecule has 0 bridgehead atoms. The molecule has 0 aliphatic heterocycles. The Kier molecular flexibility index (Phi) is 4.46. The van der Waals surface area contributed by atoms with Gasteiger partial charge in [-0.05, 0) is 48.3 Å². The molecule has 3 heteroatoms. The van der Waals surface area contributed by atoms with E-state index in [-0.39, 0.29) is 17.6 Å². The zero-order valence-corrected chi connectivity index (χ0v) is 12.4. The lowest BCUT2D eigenvalue weighted by atomic mass is 9.71. The van der Waals surface area contributed by atoms with Gasteiger partial charge in [0, 0.05) is 12.4 Å². The second-order valence-electron chi connectivity index (χ2n) is 5.72. The molecule has 0 aromatic carbocycles. The summed E-state index contributed by atoms with van der Waals surface area (Å²) in [7, 11) is 0. The second-order valence-corrected chi connectivity index (χ2v) is 6.32. The van der Waals surface area contributed by atoms with Gasteiger partial charge in [-0.1, -0.05) is 32.1 Å². The number of allylic oxidation sites excluding steroid dienone is 3. The normalized spacial score (nSPS) is 20.8. The molecule has 1 aromatic rings. The van der Waals surface area contributed by atoms with Crippen molar-refractivity contribution in [3.63, 3.8) is 0 Å². The molecule has 1 aliphatic rings. The summed E-state index contributed by atoms with van der Waals surface area (Å²) >= 11 is 0.269. The Bertz CT molecular complexity index is 505. The Balaban J connectivity index is 2.23. The third kappa shape index (κ3) is 3.27. The molecular formula is C16H20FNS. The van der Waals surface area contributed by atoms with Crippen LogP contribution in [0.4, 0.5) is 3.89 Å². The van der Waals surface area contributed by atoms with Crippen LogP contribution in [0.1, 0.15) is 38.7 Å². The minimum Gasteiger partial charge on any atom is -0.263 e. The van der Waals surface area contributed by atoms with Crippen molar-refractivity contribution in [1.82, 2.24) is 4.98 Å². The van der Waals surface area contributed by atoms with Gasteiger partial charge in [-0.15, -0.1) is 0 Å². The molecule has 0 spiro atoms. The summed E-state index contributed by atoms with van der Waals surface area (Å²) in [6.07, 6.45) is 9.75. The Labute approximate surface area is 119 Å². The molecule has 0 unspecified atom stereocenters. The molecule has 2 rings (SSSR count). The third-order valence-electron chi connectivity index (χ3n) is 3.87. The molecule has 0 atom stereocenters. The summed E-state index contributed by atoms with van der Waals surface area (Å²) in [6, 6.07) is 1.89. The van der Waals surface area contributed by atoms with Crippen LogP contribution in [0.25, 0.3) is 0 Å². The number of rotatable bonds is 3. The summed E-state index contributed by atoms with van der Waals surface area (Å²) < 4.78 is 12.8. The molecule has 1 saturated carbocycles. The van der Waals surface area contributed by atoms with Gasteiger partial charge < -0.3 is 0 Å². The second kappa shape index (κ2) is 5.91. The first-order valence-corrected chi connectivity index (χ1v) is 7.36. The molecule has 1 aliphatic carbocycles. The quantitative estimate of drug-likeness (QED) is 0.744. The van der Waals surface area contributed by atoms with Crippen LogP contribution in [0.3, 0.4) is 0 Å². The number of aromatic nitrogens is 1. The van der Waals surface area contributed by atoms with Crippen LogP contribution >= 0.6 is 12.1 Å². The minimum absolute atomic E-state index is 0.186. The fourth-order valence-corrected chi connectivity index (χ4v) is 3.12. The molecule has 1 heterocycles. The van der Waals surface area contributed by atoms with Gasteiger partial charge >= 0.3 is 0 Å². The zero-order valence-electron chi connectivity index (χ0n) is 11.6. The number of pyridine rings is 1. The zero-order chi connectivity index (χ0) is 13.9. The average molecular weight is 277 g/mol. The van der Waals surface area contributed by atoms with Gasteiger partial charge in [0.25, 0.3) is 0 Å². The summed E-state index contributed by atoms with van der Waals surface area (Å²) in [4.78, 5) is 4.57. The Morgan fingerprint density at radius 3 is 3.00 bits per heavy atom. The first-order valence-electron chi connectivity index (χ1n) is 6.65. The van der Waals surface area contributed by atoms with Crippen molar-refractivity contribution < 1.29 is 3.89 Å². The highest BCUT2D eigenvalue weighted by Crippen LogP contribution is 2.42. The van der Waals surface area contributed by atoms with Gasteiger partial charge in [-0.25, -0.2) is 0 Å². The average Bonchev–Trinajstić information content (AvgIpc) is 2.38. The van der Waals surface area contributed by atoms with Gasteiger partial charge in [-0.3, -0.25) is 4.98 Å². The van der Waals surface area contributed by atoms with Gasteiger partial charge in [-0.2, -0.15) is 3.89 Å². The smallest absolute Gasteiger partial charge is 0.0831 e. The van der Waals surface area contributed by atoms with Crippen molar-refractivity contribution in [3.8, 4) is 0 Å². The number of hydrogen-bond donors (Lipinski definition) is 0. The predicted molar refractivity (Wildman–Crippen MR) is 79.8 cm³/mol. The summed E-state index contributed by atoms with van der Waals surface area (Å²) in [5.74, 6) is 0. The first-order chi connectivity index (χ1) is 9.04. The van der Waals surface area contributed by atoms with Gasteiger partial charge in [0.2, 0.25) is 0 Å². The fourth-order valence-electron chi connectivity index (χ4n) is 2.77. The van der Waals surface area contributed by atoms with Crippen LogP contribution < -0.4 is 0 Å². The maximum absolute atomic E-state index is 12.8.